The Labute approximate surface area is 171 Å². The van der Waals surface area contributed by atoms with E-state index in [-0.39, 0.29) is 30.2 Å². The van der Waals surface area contributed by atoms with Crippen LogP contribution in [0.3, 0.4) is 0 Å². The van der Waals surface area contributed by atoms with Crippen LogP contribution in [0.2, 0.25) is 0 Å². The third kappa shape index (κ3) is 6.64. The molecule has 3 amide bonds. The number of hydrogen-bond donors (Lipinski definition) is 4. The molecule has 2 aromatic carbocycles. The Balaban J connectivity index is 1.96. The highest BCUT2D eigenvalue weighted by molar-refractivity contribution is 5.96. The third-order valence-electron chi connectivity index (χ3n) is 4.31. The van der Waals surface area contributed by atoms with Crippen molar-refractivity contribution < 1.29 is 14.4 Å². The summed E-state index contributed by atoms with van der Waals surface area (Å²) in [5.74, 6) is -0.494. The zero-order valence-electron chi connectivity index (χ0n) is 17.3. The molecule has 0 fully saturated rings. The van der Waals surface area contributed by atoms with Crippen molar-refractivity contribution in [1.29, 1.82) is 0 Å². The second-order valence-electron chi connectivity index (χ2n) is 7.01. The van der Waals surface area contributed by atoms with E-state index in [0.29, 0.717) is 17.8 Å². The molecular weight excluding hydrogens is 368 g/mol. The predicted molar refractivity (Wildman–Crippen MR) is 117 cm³/mol. The van der Waals surface area contributed by atoms with Crippen LogP contribution in [0.25, 0.3) is 0 Å². The van der Waals surface area contributed by atoms with E-state index < -0.39 is 0 Å². The Morgan fingerprint density at radius 1 is 0.862 bits per heavy atom. The number of nitrogens with one attached hydrogen (secondary N) is 4. The van der Waals surface area contributed by atoms with Crippen molar-refractivity contribution in [3.63, 3.8) is 0 Å². The van der Waals surface area contributed by atoms with Crippen LogP contribution in [-0.4, -0.2) is 24.3 Å². The summed E-state index contributed by atoms with van der Waals surface area (Å²) in [6, 6.07) is 12.5. The summed E-state index contributed by atoms with van der Waals surface area (Å²) in [5, 5.41) is 11.6. The van der Waals surface area contributed by atoms with Gasteiger partial charge in [0.25, 0.3) is 0 Å². The van der Waals surface area contributed by atoms with Gasteiger partial charge >= 0.3 is 0 Å². The number of anilines is 4. The van der Waals surface area contributed by atoms with Crippen LogP contribution in [0.15, 0.2) is 42.5 Å². The van der Waals surface area contributed by atoms with Crippen LogP contribution >= 0.6 is 0 Å². The van der Waals surface area contributed by atoms with E-state index in [1.807, 2.05) is 39.0 Å². The van der Waals surface area contributed by atoms with E-state index in [4.69, 9.17) is 0 Å². The first-order valence-corrected chi connectivity index (χ1v) is 9.64. The van der Waals surface area contributed by atoms with Crippen molar-refractivity contribution in [2.24, 2.45) is 5.92 Å². The van der Waals surface area contributed by atoms with Crippen molar-refractivity contribution >= 4 is 40.5 Å². The zero-order chi connectivity index (χ0) is 21.4. The van der Waals surface area contributed by atoms with E-state index in [2.05, 4.69) is 21.3 Å². The monoisotopic (exact) mass is 396 g/mol. The van der Waals surface area contributed by atoms with Crippen molar-refractivity contribution in [2.45, 2.75) is 34.1 Å². The van der Waals surface area contributed by atoms with Gasteiger partial charge in [-0.25, -0.2) is 0 Å². The molecule has 0 spiro atoms. The molecule has 0 aliphatic carbocycles. The SMILES string of the molecule is CCC(=O)Nc1cccc(NCC(=O)Nc2cccc(NC(=O)C(C)C)c2)c1C. The van der Waals surface area contributed by atoms with Crippen LogP contribution < -0.4 is 21.3 Å². The fourth-order valence-electron chi connectivity index (χ4n) is 2.54. The van der Waals surface area contributed by atoms with Gasteiger partial charge in [0.1, 0.15) is 0 Å². The van der Waals surface area contributed by atoms with Gasteiger partial charge in [-0.1, -0.05) is 32.9 Å². The summed E-state index contributed by atoms with van der Waals surface area (Å²) in [4.78, 5) is 35.8. The zero-order valence-corrected chi connectivity index (χ0v) is 17.3. The highest BCUT2D eigenvalue weighted by Gasteiger charge is 2.10. The number of benzene rings is 2. The minimum Gasteiger partial charge on any atom is -0.376 e. The van der Waals surface area contributed by atoms with Gasteiger partial charge in [0.2, 0.25) is 17.7 Å². The van der Waals surface area contributed by atoms with Crippen LogP contribution in [0.1, 0.15) is 32.8 Å². The normalized spacial score (nSPS) is 10.4. The maximum absolute atomic E-state index is 12.3. The van der Waals surface area contributed by atoms with Crippen molar-refractivity contribution in [3.8, 4) is 0 Å². The maximum atomic E-state index is 12.3. The Morgan fingerprint density at radius 2 is 1.48 bits per heavy atom. The molecule has 0 atom stereocenters. The summed E-state index contributed by atoms with van der Waals surface area (Å²) in [6.45, 7) is 7.37. The molecule has 4 N–H and O–H groups in total. The molecular formula is C22H28N4O3. The summed E-state index contributed by atoms with van der Waals surface area (Å²) in [5.41, 5.74) is 3.58. The third-order valence-corrected chi connectivity index (χ3v) is 4.31. The highest BCUT2D eigenvalue weighted by Crippen LogP contribution is 2.23. The lowest BCUT2D eigenvalue weighted by atomic mass is 10.1. The van der Waals surface area contributed by atoms with Gasteiger partial charge in [0.05, 0.1) is 6.54 Å². The van der Waals surface area contributed by atoms with Gasteiger partial charge in [-0.15, -0.1) is 0 Å². The van der Waals surface area contributed by atoms with Gasteiger partial charge in [-0.3, -0.25) is 14.4 Å². The van der Waals surface area contributed by atoms with E-state index in [1.165, 1.54) is 0 Å². The Bertz CT molecular complexity index is 893. The summed E-state index contributed by atoms with van der Waals surface area (Å²) in [6.07, 6.45) is 0.399. The van der Waals surface area contributed by atoms with E-state index in [0.717, 1.165) is 16.9 Å². The molecule has 0 aliphatic heterocycles. The maximum Gasteiger partial charge on any atom is 0.243 e. The average molecular weight is 396 g/mol. The minimum absolute atomic E-state index is 0.0626. The van der Waals surface area contributed by atoms with Crippen LogP contribution in [0.4, 0.5) is 22.7 Å². The topological polar surface area (TPSA) is 99.3 Å². The smallest absolute Gasteiger partial charge is 0.243 e. The number of carbonyl (C=O) groups is 3. The van der Waals surface area contributed by atoms with Crippen LogP contribution in [0.5, 0.6) is 0 Å². The fraction of sp³-hybridized carbons (Fsp3) is 0.318. The number of amides is 3. The molecule has 0 saturated heterocycles. The highest BCUT2D eigenvalue weighted by atomic mass is 16.2. The first kappa shape index (κ1) is 21.9. The molecule has 0 aromatic heterocycles. The lowest BCUT2D eigenvalue weighted by molar-refractivity contribution is -0.119. The first-order chi connectivity index (χ1) is 13.8. The Kier molecular flexibility index (Phi) is 7.77. The molecule has 0 saturated carbocycles. The Morgan fingerprint density at radius 3 is 2.14 bits per heavy atom. The molecule has 2 rings (SSSR count). The average Bonchev–Trinajstić information content (AvgIpc) is 2.68. The second kappa shape index (κ2) is 10.3. The summed E-state index contributed by atoms with van der Waals surface area (Å²) in [7, 11) is 0. The first-order valence-electron chi connectivity index (χ1n) is 9.64. The van der Waals surface area contributed by atoms with Crippen molar-refractivity contribution in [3.05, 3.63) is 48.0 Å². The summed E-state index contributed by atoms with van der Waals surface area (Å²) >= 11 is 0. The minimum atomic E-state index is -0.222. The van der Waals surface area contributed by atoms with Crippen molar-refractivity contribution in [2.75, 3.05) is 27.8 Å². The molecule has 2 aromatic rings. The quantitative estimate of drug-likeness (QED) is 0.542. The molecule has 0 aliphatic rings. The Hall–Kier alpha value is -3.35. The standard InChI is InChI=1S/C22H28N4O3/c1-5-20(27)26-19-11-7-10-18(15(19)4)23-13-21(28)24-16-8-6-9-17(12-16)25-22(29)14(2)3/h6-12,14,23H,5,13H2,1-4H3,(H,24,28)(H,25,29)(H,26,27). The van der Waals surface area contributed by atoms with Gasteiger partial charge in [0.15, 0.2) is 0 Å². The number of hydrogen-bond acceptors (Lipinski definition) is 4. The van der Waals surface area contributed by atoms with Gasteiger partial charge in [0, 0.05) is 35.1 Å². The predicted octanol–water partition coefficient (Wildman–Crippen LogP) is 3.99. The fourth-order valence-corrected chi connectivity index (χ4v) is 2.54. The largest absolute Gasteiger partial charge is 0.376 e. The van der Waals surface area contributed by atoms with Gasteiger partial charge in [-0.2, -0.15) is 0 Å². The second-order valence-corrected chi connectivity index (χ2v) is 7.01. The van der Waals surface area contributed by atoms with Crippen molar-refractivity contribution in [1.82, 2.24) is 0 Å². The number of rotatable bonds is 8. The molecule has 7 nitrogen and oxygen atoms in total. The lowest BCUT2D eigenvalue weighted by Crippen LogP contribution is -2.22. The van der Waals surface area contributed by atoms with Gasteiger partial charge in [-0.05, 0) is 42.8 Å². The molecule has 154 valence electrons. The van der Waals surface area contributed by atoms with E-state index in [9.17, 15) is 14.4 Å². The van der Waals surface area contributed by atoms with Crippen LogP contribution in [0, 0.1) is 12.8 Å². The summed E-state index contributed by atoms with van der Waals surface area (Å²) < 4.78 is 0. The number of carbonyl (C=O) groups excluding carboxylic acids is 3. The molecule has 29 heavy (non-hydrogen) atoms. The molecule has 7 heteroatoms. The van der Waals surface area contributed by atoms with E-state index >= 15 is 0 Å². The molecule has 0 radical (unpaired) electrons. The molecule has 0 bridgehead atoms. The van der Waals surface area contributed by atoms with Crippen LogP contribution in [-0.2, 0) is 14.4 Å². The van der Waals surface area contributed by atoms with Gasteiger partial charge < -0.3 is 21.3 Å². The van der Waals surface area contributed by atoms with E-state index in [1.54, 1.807) is 31.2 Å². The lowest BCUT2D eigenvalue weighted by Gasteiger charge is -2.14. The molecule has 0 heterocycles. The molecule has 0 unspecified atom stereocenters.